The van der Waals surface area contributed by atoms with Gasteiger partial charge < -0.3 is 5.32 Å². The summed E-state index contributed by atoms with van der Waals surface area (Å²) in [4.78, 5) is 12.8. The van der Waals surface area contributed by atoms with Crippen molar-refractivity contribution >= 4 is 66.8 Å². The monoisotopic (exact) mass is 533 g/mol. The van der Waals surface area contributed by atoms with Gasteiger partial charge in [0, 0.05) is 12.4 Å². The van der Waals surface area contributed by atoms with Crippen LogP contribution in [0.1, 0.15) is 19.4 Å². The first-order valence-corrected chi connectivity index (χ1v) is 10.2. The van der Waals surface area contributed by atoms with Gasteiger partial charge in [-0.2, -0.15) is 10.2 Å². The van der Waals surface area contributed by atoms with Gasteiger partial charge in [-0.3, -0.25) is 14.2 Å². The standard InChI is InChI=1S/C17H15Br2Cl2N5O/c1-17(2,26-8-11(18)6-22-26)16(27)23-15-12(19)9-25(24-15)7-10-3-4-13(20)14(21)5-10/h3-6,8-9H,7H2,1-2H3,(H,23,24,27). The highest BCUT2D eigenvalue weighted by molar-refractivity contribution is 9.10. The molecule has 0 aliphatic heterocycles. The van der Waals surface area contributed by atoms with Crippen molar-refractivity contribution in [2.24, 2.45) is 0 Å². The summed E-state index contributed by atoms with van der Waals surface area (Å²) in [7, 11) is 0. The van der Waals surface area contributed by atoms with Crippen molar-refractivity contribution in [3.63, 3.8) is 0 Å². The van der Waals surface area contributed by atoms with Crippen molar-refractivity contribution in [2.75, 3.05) is 5.32 Å². The van der Waals surface area contributed by atoms with E-state index in [2.05, 4.69) is 47.4 Å². The molecule has 3 aromatic rings. The van der Waals surface area contributed by atoms with Crippen LogP contribution in [0.3, 0.4) is 0 Å². The third-order valence-electron chi connectivity index (χ3n) is 3.96. The van der Waals surface area contributed by atoms with Crippen molar-refractivity contribution in [3.05, 3.63) is 61.3 Å². The highest BCUT2D eigenvalue weighted by Crippen LogP contribution is 2.26. The van der Waals surface area contributed by atoms with E-state index in [1.165, 1.54) is 0 Å². The lowest BCUT2D eigenvalue weighted by molar-refractivity contribution is -0.123. The minimum atomic E-state index is -0.890. The van der Waals surface area contributed by atoms with Crippen LogP contribution in [0.15, 0.2) is 45.7 Å². The van der Waals surface area contributed by atoms with Crippen LogP contribution in [0, 0.1) is 0 Å². The lowest BCUT2D eigenvalue weighted by atomic mass is 10.1. The first kappa shape index (κ1) is 20.4. The molecule has 0 bridgehead atoms. The smallest absolute Gasteiger partial charge is 0.253 e. The van der Waals surface area contributed by atoms with Crippen molar-refractivity contribution < 1.29 is 4.79 Å². The molecule has 2 heterocycles. The van der Waals surface area contributed by atoms with E-state index >= 15 is 0 Å². The Labute approximate surface area is 183 Å². The summed E-state index contributed by atoms with van der Waals surface area (Å²) in [6, 6.07) is 5.41. The highest BCUT2D eigenvalue weighted by atomic mass is 79.9. The molecule has 0 unspecified atom stereocenters. The van der Waals surface area contributed by atoms with Crippen LogP contribution in [-0.4, -0.2) is 25.5 Å². The molecule has 1 N–H and O–H groups in total. The number of nitrogens with one attached hydrogen (secondary N) is 1. The molecular formula is C17H15Br2Cl2N5O. The molecule has 0 spiro atoms. The van der Waals surface area contributed by atoms with Gasteiger partial charge in [-0.05, 0) is 63.4 Å². The van der Waals surface area contributed by atoms with Gasteiger partial charge in [-0.1, -0.05) is 29.3 Å². The van der Waals surface area contributed by atoms with Gasteiger partial charge in [-0.15, -0.1) is 0 Å². The Kier molecular flexibility index (Phi) is 6.00. The van der Waals surface area contributed by atoms with E-state index in [9.17, 15) is 4.79 Å². The van der Waals surface area contributed by atoms with Crippen LogP contribution in [0.25, 0.3) is 0 Å². The molecule has 0 fully saturated rings. The van der Waals surface area contributed by atoms with Crippen LogP contribution in [0.5, 0.6) is 0 Å². The number of halogens is 4. The van der Waals surface area contributed by atoms with Crippen LogP contribution in [0.4, 0.5) is 5.82 Å². The molecule has 3 rings (SSSR count). The molecule has 10 heteroatoms. The van der Waals surface area contributed by atoms with Crippen LogP contribution in [0.2, 0.25) is 10.0 Å². The van der Waals surface area contributed by atoms with Gasteiger partial charge in [0.2, 0.25) is 0 Å². The number of carbonyl (C=O) groups is 1. The number of anilines is 1. The van der Waals surface area contributed by atoms with Gasteiger partial charge in [0.05, 0.1) is 31.7 Å². The normalized spacial score (nSPS) is 11.6. The lowest BCUT2D eigenvalue weighted by Gasteiger charge is -2.23. The fraction of sp³-hybridized carbons (Fsp3) is 0.235. The Morgan fingerprint density at radius 2 is 1.96 bits per heavy atom. The predicted octanol–water partition coefficient (Wildman–Crippen LogP) is 5.33. The molecule has 0 aliphatic carbocycles. The van der Waals surface area contributed by atoms with Gasteiger partial charge in [-0.25, -0.2) is 0 Å². The Bertz CT molecular complexity index is 999. The number of aromatic nitrogens is 4. The van der Waals surface area contributed by atoms with Gasteiger partial charge in [0.15, 0.2) is 5.82 Å². The molecule has 0 saturated carbocycles. The van der Waals surface area contributed by atoms with Gasteiger partial charge >= 0.3 is 0 Å². The van der Waals surface area contributed by atoms with E-state index in [0.29, 0.717) is 26.9 Å². The van der Waals surface area contributed by atoms with Crippen molar-refractivity contribution in [1.82, 2.24) is 19.6 Å². The average molecular weight is 536 g/mol. The average Bonchev–Trinajstić information content (AvgIpc) is 3.17. The lowest BCUT2D eigenvalue weighted by Crippen LogP contribution is -2.40. The number of nitrogens with zero attached hydrogens (tertiary/aromatic N) is 4. The molecule has 0 atom stereocenters. The number of hydrogen-bond donors (Lipinski definition) is 1. The summed E-state index contributed by atoms with van der Waals surface area (Å²) in [5.74, 6) is 0.193. The van der Waals surface area contributed by atoms with Crippen LogP contribution in [-0.2, 0) is 16.9 Å². The zero-order valence-corrected chi connectivity index (χ0v) is 19.1. The second-order valence-electron chi connectivity index (χ2n) is 6.39. The molecule has 27 heavy (non-hydrogen) atoms. The number of hydrogen-bond acceptors (Lipinski definition) is 3. The summed E-state index contributed by atoms with van der Waals surface area (Å²) < 4.78 is 4.77. The maximum Gasteiger partial charge on any atom is 0.253 e. The second kappa shape index (κ2) is 7.95. The summed E-state index contributed by atoms with van der Waals surface area (Å²) in [5.41, 5.74) is 0.0536. The van der Waals surface area contributed by atoms with Crippen molar-refractivity contribution in [3.8, 4) is 0 Å². The molecule has 1 aromatic carbocycles. The number of benzene rings is 1. The van der Waals surface area contributed by atoms with E-state index in [1.54, 1.807) is 53.9 Å². The second-order valence-corrected chi connectivity index (χ2v) is 8.97. The fourth-order valence-electron chi connectivity index (χ4n) is 2.36. The maximum atomic E-state index is 12.8. The van der Waals surface area contributed by atoms with Gasteiger partial charge in [0.25, 0.3) is 5.91 Å². The zero-order chi connectivity index (χ0) is 19.8. The highest BCUT2D eigenvalue weighted by Gasteiger charge is 2.31. The van der Waals surface area contributed by atoms with Gasteiger partial charge in [0.1, 0.15) is 5.54 Å². The van der Waals surface area contributed by atoms with E-state index in [4.69, 9.17) is 23.2 Å². The van der Waals surface area contributed by atoms with Crippen molar-refractivity contribution in [1.29, 1.82) is 0 Å². The molecular weight excluding hydrogens is 521 g/mol. The molecule has 1 amide bonds. The largest absolute Gasteiger partial charge is 0.306 e. The maximum absolute atomic E-state index is 12.8. The number of amides is 1. The summed E-state index contributed by atoms with van der Waals surface area (Å²) in [5, 5.41) is 12.5. The van der Waals surface area contributed by atoms with E-state index in [1.807, 2.05) is 6.07 Å². The SMILES string of the molecule is CC(C)(C(=O)Nc1nn(Cc2ccc(Cl)c(Cl)c2)cc1Br)n1cc(Br)cn1. The van der Waals surface area contributed by atoms with Crippen molar-refractivity contribution in [2.45, 2.75) is 25.9 Å². The third kappa shape index (κ3) is 4.56. The number of carbonyl (C=O) groups excluding carboxylic acids is 1. The Hall–Kier alpha value is -1.35. The third-order valence-corrected chi connectivity index (χ3v) is 5.69. The van der Waals surface area contributed by atoms with Crippen LogP contribution >= 0.6 is 55.1 Å². The fourth-order valence-corrected chi connectivity index (χ4v) is 3.38. The summed E-state index contributed by atoms with van der Waals surface area (Å²) in [6.07, 6.45) is 5.17. The first-order valence-electron chi connectivity index (χ1n) is 7.86. The Balaban J connectivity index is 1.76. The predicted molar refractivity (Wildman–Crippen MR) is 113 cm³/mol. The molecule has 2 aromatic heterocycles. The number of rotatable bonds is 5. The molecule has 6 nitrogen and oxygen atoms in total. The molecule has 142 valence electrons. The van der Waals surface area contributed by atoms with E-state index in [0.717, 1.165) is 10.0 Å². The van der Waals surface area contributed by atoms with E-state index < -0.39 is 5.54 Å². The zero-order valence-electron chi connectivity index (χ0n) is 14.4. The minimum absolute atomic E-state index is 0.237. The molecule has 0 aliphatic rings. The van der Waals surface area contributed by atoms with E-state index in [-0.39, 0.29) is 5.91 Å². The minimum Gasteiger partial charge on any atom is -0.306 e. The Morgan fingerprint density at radius 1 is 1.22 bits per heavy atom. The summed E-state index contributed by atoms with van der Waals surface area (Å²) >= 11 is 18.8. The van der Waals surface area contributed by atoms with Crippen LogP contribution < -0.4 is 5.32 Å². The molecule has 0 radical (unpaired) electrons. The topological polar surface area (TPSA) is 64.7 Å². The molecule has 0 saturated heterocycles. The quantitative estimate of drug-likeness (QED) is 0.480. The Morgan fingerprint density at radius 3 is 2.59 bits per heavy atom. The first-order chi connectivity index (χ1) is 12.7. The summed E-state index contributed by atoms with van der Waals surface area (Å²) in [6.45, 7) is 4.05.